The summed E-state index contributed by atoms with van der Waals surface area (Å²) in [6.45, 7) is 4.08. The maximum absolute atomic E-state index is 6.61. The van der Waals surface area contributed by atoms with E-state index in [0.717, 1.165) is 55.4 Å². The van der Waals surface area contributed by atoms with Crippen LogP contribution in [-0.4, -0.2) is 63.2 Å². The van der Waals surface area contributed by atoms with Gasteiger partial charge < -0.3 is 4.90 Å². The molecule has 0 N–H and O–H groups in total. The summed E-state index contributed by atoms with van der Waals surface area (Å²) in [6.07, 6.45) is 6.16. The molecule has 1 saturated heterocycles. The summed E-state index contributed by atoms with van der Waals surface area (Å²) < 4.78 is 2.09. The SMILES string of the molecule is CN1CCN([C@H](c2ccccc2Cl)c2nnnn2C2CCCCC2)CC1. The third-order valence-electron chi connectivity index (χ3n) is 5.79. The predicted molar refractivity (Wildman–Crippen MR) is 102 cm³/mol. The van der Waals surface area contributed by atoms with E-state index in [-0.39, 0.29) is 6.04 Å². The number of likely N-dealkylation sites (N-methyl/N-ethyl adjacent to an activating group) is 1. The van der Waals surface area contributed by atoms with E-state index in [1.54, 1.807) is 0 Å². The number of halogens is 1. The van der Waals surface area contributed by atoms with Gasteiger partial charge in [-0.25, -0.2) is 4.68 Å². The van der Waals surface area contributed by atoms with E-state index in [9.17, 15) is 0 Å². The summed E-state index contributed by atoms with van der Waals surface area (Å²) in [6, 6.07) is 8.54. The van der Waals surface area contributed by atoms with Crippen molar-refractivity contribution in [1.82, 2.24) is 30.0 Å². The molecule has 26 heavy (non-hydrogen) atoms. The summed E-state index contributed by atoms with van der Waals surface area (Å²) in [5, 5.41) is 13.7. The molecule has 0 amide bonds. The molecule has 0 spiro atoms. The molecule has 6 nitrogen and oxygen atoms in total. The van der Waals surface area contributed by atoms with E-state index in [2.05, 4.69) is 49.2 Å². The van der Waals surface area contributed by atoms with Crippen LogP contribution in [0, 0.1) is 0 Å². The molecule has 0 bridgehead atoms. The molecule has 2 aliphatic rings. The molecule has 0 unspecified atom stereocenters. The van der Waals surface area contributed by atoms with Crippen LogP contribution in [0.1, 0.15) is 55.6 Å². The van der Waals surface area contributed by atoms with Crippen LogP contribution in [0.4, 0.5) is 0 Å². The Morgan fingerprint density at radius 3 is 2.50 bits per heavy atom. The zero-order chi connectivity index (χ0) is 17.9. The van der Waals surface area contributed by atoms with Crippen molar-refractivity contribution in [2.24, 2.45) is 0 Å². The Morgan fingerprint density at radius 1 is 1.04 bits per heavy atom. The maximum atomic E-state index is 6.61. The molecule has 0 radical (unpaired) electrons. The number of nitrogens with zero attached hydrogens (tertiary/aromatic N) is 6. The van der Waals surface area contributed by atoms with Gasteiger partial charge in [-0.3, -0.25) is 4.90 Å². The molecule has 1 aromatic carbocycles. The molecule has 1 aliphatic heterocycles. The molecule has 2 fully saturated rings. The number of benzene rings is 1. The first-order valence-corrected chi connectivity index (χ1v) is 10.1. The van der Waals surface area contributed by atoms with Crippen molar-refractivity contribution in [1.29, 1.82) is 0 Å². The van der Waals surface area contributed by atoms with Gasteiger partial charge in [-0.05, 0) is 41.9 Å². The number of aromatic nitrogens is 4. The topological polar surface area (TPSA) is 50.1 Å². The quantitative estimate of drug-likeness (QED) is 0.822. The highest BCUT2D eigenvalue weighted by Gasteiger charge is 2.33. The molecule has 4 rings (SSSR count). The van der Waals surface area contributed by atoms with Crippen molar-refractivity contribution in [3.63, 3.8) is 0 Å². The van der Waals surface area contributed by atoms with Gasteiger partial charge in [0.25, 0.3) is 0 Å². The average Bonchev–Trinajstić information content (AvgIpc) is 3.15. The molecule has 1 saturated carbocycles. The highest BCUT2D eigenvalue weighted by molar-refractivity contribution is 6.31. The van der Waals surface area contributed by atoms with Crippen LogP contribution in [0.3, 0.4) is 0 Å². The Hall–Kier alpha value is -1.50. The third kappa shape index (κ3) is 3.63. The zero-order valence-corrected chi connectivity index (χ0v) is 16.1. The standard InChI is InChI=1S/C19H27ClN6/c1-24-11-13-25(14-12-24)18(16-9-5-6-10-17(16)20)19-21-22-23-26(19)15-7-3-2-4-8-15/h5-6,9-10,15,18H,2-4,7-8,11-14H2,1H3/t18-/m1/s1. The van der Waals surface area contributed by atoms with Crippen LogP contribution < -0.4 is 0 Å². The highest BCUT2D eigenvalue weighted by Crippen LogP contribution is 2.36. The summed E-state index contributed by atoms with van der Waals surface area (Å²) >= 11 is 6.61. The summed E-state index contributed by atoms with van der Waals surface area (Å²) in [5.41, 5.74) is 1.10. The smallest absolute Gasteiger partial charge is 0.173 e. The molecular weight excluding hydrogens is 348 g/mol. The second-order valence-corrected chi connectivity index (χ2v) is 7.94. The van der Waals surface area contributed by atoms with Gasteiger partial charge in [0, 0.05) is 31.2 Å². The Kier molecular flexibility index (Phi) is 5.52. The second-order valence-electron chi connectivity index (χ2n) is 7.54. The lowest BCUT2D eigenvalue weighted by Gasteiger charge is -2.38. The van der Waals surface area contributed by atoms with Gasteiger partial charge >= 0.3 is 0 Å². The molecule has 1 aromatic heterocycles. The lowest BCUT2D eigenvalue weighted by molar-refractivity contribution is 0.119. The van der Waals surface area contributed by atoms with Gasteiger partial charge in [0.15, 0.2) is 5.82 Å². The van der Waals surface area contributed by atoms with Crippen molar-refractivity contribution >= 4 is 11.6 Å². The Labute approximate surface area is 160 Å². The van der Waals surface area contributed by atoms with Gasteiger partial charge in [0.2, 0.25) is 0 Å². The van der Waals surface area contributed by atoms with Crippen LogP contribution in [-0.2, 0) is 0 Å². The Morgan fingerprint density at radius 2 is 1.77 bits per heavy atom. The van der Waals surface area contributed by atoms with E-state index in [0.29, 0.717) is 6.04 Å². The lowest BCUT2D eigenvalue weighted by atomic mass is 9.95. The Bertz CT molecular complexity index is 718. The Balaban J connectivity index is 1.72. The van der Waals surface area contributed by atoms with E-state index < -0.39 is 0 Å². The van der Waals surface area contributed by atoms with Crippen LogP contribution in [0.25, 0.3) is 0 Å². The summed E-state index contributed by atoms with van der Waals surface area (Å²) in [5.74, 6) is 0.939. The first kappa shape index (κ1) is 17.9. The molecule has 140 valence electrons. The predicted octanol–water partition coefficient (Wildman–Crippen LogP) is 3.17. The molecular formula is C19H27ClN6. The van der Waals surface area contributed by atoms with E-state index >= 15 is 0 Å². The van der Waals surface area contributed by atoms with E-state index in [1.807, 2.05) is 12.1 Å². The number of hydrogen-bond acceptors (Lipinski definition) is 5. The fourth-order valence-electron chi connectivity index (χ4n) is 4.24. The minimum atomic E-state index is 0.00864. The molecule has 1 aliphatic carbocycles. The molecule has 7 heteroatoms. The summed E-state index contributed by atoms with van der Waals surface area (Å²) in [4.78, 5) is 4.84. The first-order chi connectivity index (χ1) is 12.7. The second kappa shape index (κ2) is 8.03. The van der Waals surface area contributed by atoms with Crippen LogP contribution in [0.15, 0.2) is 24.3 Å². The fraction of sp³-hybridized carbons (Fsp3) is 0.632. The van der Waals surface area contributed by atoms with Gasteiger partial charge in [-0.2, -0.15) is 0 Å². The average molecular weight is 375 g/mol. The van der Waals surface area contributed by atoms with Crippen molar-refractivity contribution in [2.45, 2.75) is 44.2 Å². The number of piperazine rings is 1. The van der Waals surface area contributed by atoms with Crippen LogP contribution in [0.5, 0.6) is 0 Å². The van der Waals surface area contributed by atoms with Gasteiger partial charge in [-0.15, -0.1) is 5.10 Å². The maximum Gasteiger partial charge on any atom is 0.173 e. The highest BCUT2D eigenvalue weighted by atomic mass is 35.5. The van der Waals surface area contributed by atoms with Crippen molar-refractivity contribution in [3.05, 3.63) is 40.7 Å². The largest absolute Gasteiger partial charge is 0.304 e. The van der Waals surface area contributed by atoms with E-state index in [1.165, 1.54) is 19.3 Å². The minimum Gasteiger partial charge on any atom is -0.304 e. The molecule has 2 heterocycles. The van der Waals surface area contributed by atoms with E-state index in [4.69, 9.17) is 11.6 Å². The van der Waals surface area contributed by atoms with Gasteiger partial charge in [0.1, 0.15) is 0 Å². The lowest BCUT2D eigenvalue weighted by Crippen LogP contribution is -2.47. The monoisotopic (exact) mass is 374 g/mol. The van der Waals surface area contributed by atoms with Crippen molar-refractivity contribution < 1.29 is 0 Å². The number of tetrazole rings is 1. The fourth-order valence-corrected chi connectivity index (χ4v) is 4.48. The van der Waals surface area contributed by atoms with Gasteiger partial charge in [-0.1, -0.05) is 49.1 Å². The summed E-state index contributed by atoms with van der Waals surface area (Å²) in [7, 11) is 2.17. The number of rotatable bonds is 4. The van der Waals surface area contributed by atoms with Gasteiger partial charge in [0.05, 0.1) is 12.1 Å². The molecule has 1 atom stereocenters. The molecule has 2 aromatic rings. The first-order valence-electron chi connectivity index (χ1n) is 9.69. The normalized spacial score (nSPS) is 21.8. The zero-order valence-electron chi connectivity index (χ0n) is 15.4. The van der Waals surface area contributed by atoms with Crippen molar-refractivity contribution in [2.75, 3.05) is 33.2 Å². The third-order valence-corrected chi connectivity index (χ3v) is 6.13. The van der Waals surface area contributed by atoms with Crippen molar-refractivity contribution in [3.8, 4) is 0 Å². The minimum absolute atomic E-state index is 0.00864. The van der Waals surface area contributed by atoms with Crippen LogP contribution in [0.2, 0.25) is 5.02 Å². The van der Waals surface area contributed by atoms with Crippen LogP contribution >= 0.6 is 11.6 Å². The number of hydrogen-bond donors (Lipinski definition) is 0.